The average molecular weight is 232 g/mol. The van der Waals surface area contributed by atoms with Gasteiger partial charge >= 0.3 is 86.1 Å². The zero-order chi connectivity index (χ0) is 11.4. The van der Waals surface area contributed by atoms with Gasteiger partial charge in [0.2, 0.25) is 0 Å². The van der Waals surface area contributed by atoms with Gasteiger partial charge in [0.05, 0.1) is 0 Å². The molecular formula is C8H21NaO4Si. The van der Waals surface area contributed by atoms with E-state index in [0.717, 1.165) is 0 Å². The molecule has 0 atom stereocenters. The van der Waals surface area contributed by atoms with Crippen molar-refractivity contribution >= 4 is 37.0 Å². The molecule has 4 N–H and O–H groups in total. The number of hydrogen-bond acceptors (Lipinski definition) is 4. The molecule has 4 nitrogen and oxygen atoms in total. The van der Waals surface area contributed by atoms with Gasteiger partial charge in [0.25, 0.3) is 0 Å². The van der Waals surface area contributed by atoms with E-state index in [4.69, 9.17) is 19.2 Å². The first-order valence-electron chi connectivity index (χ1n) is 5.31. The van der Waals surface area contributed by atoms with Crippen molar-refractivity contribution in [1.29, 1.82) is 0 Å². The van der Waals surface area contributed by atoms with Gasteiger partial charge in [-0.2, -0.15) is 0 Å². The summed E-state index contributed by atoms with van der Waals surface area (Å²) in [6, 6.07) is 0. The molecule has 82 valence electrons. The molecule has 0 fully saturated rings. The third-order valence-electron chi connectivity index (χ3n) is 1.71. The minimum Gasteiger partial charge on any atom is -0.368 e. The Balaban J connectivity index is 0. The third-order valence-corrected chi connectivity index (χ3v) is 2.41. The van der Waals surface area contributed by atoms with Crippen LogP contribution in [0.15, 0.2) is 0 Å². The maximum atomic E-state index is 7.33. The van der Waals surface area contributed by atoms with Crippen molar-refractivity contribution in [1.82, 2.24) is 0 Å². The van der Waals surface area contributed by atoms with E-state index < -0.39 is 9.05 Å². The summed E-state index contributed by atoms with van der Waals surface area (Å²) in [6.07, 6.45) is 8.76. The van der Waals surface area contributed by atoms with Crippen molar-refractivity contribution in [3.8, 4) is 0 Å². The van der Waals surface area contributed by atoms with E-state index in [9.17, 15) is 0 Å². The molecule has 0 aliphatic carbocycles. The minimum absolute atomic E-state index is 1.38. The molecule has 0 bridgehead atoms. The summed E-state index contributed by atoms with van der Waals surface area (Å²) in [5.41, 5.74) is 0. The standard InChI is InChI=1S/C8H17.Na.H4O4Si/c1-3-5-7-8-6-4-2;;1-5(2,3)4/h1,3-8H2,2H3;;1-4H. The Morgan fingerprint density at radius 1 is 0.857 bits per heavy atom. The molecular weight excluding hydrogens is 211 g/mol. The van der Waals surface area contributed by atoms with Crippen LogP contribution in [0, 0.1) is 0 Å². The van der Waals surface area contributed by atoms with Gasteiger partial charge in [0.15, 0.2) is 0 Å². The molecule has 14 heavy (non-hydrogen) atoms. The average Bonchev–Trinajstić information content (AvgIpc) is 2.01. The quantitative estimate of drug-likeness (QED) is 0.393. The summed E-state index contributed by atoms with van der Waals surface area (Å²) in [4.78, 5) is 29.3. The predicted octanol–water partition coefficient (Wildman–Crippen LogP) is 0.325. The number of unbranched alkanes of at least 4 members (excludes halogenated alkanes) is 5. The van der Waals surface area contributed by atoms with Crippen molar-refractivity contribution in [3.63, 3.8) is 0 Å². The van der Waals surface area contributed by atoms with E-state index in [0.29, 0.717) is 0 Å². The second kappa shape index (κ2) is 12.1. The van der Waals surface area contributed by atoms with Gasteiger partial charge in [-0.05, 0) is 0 Å². The Morgan fingerprint density at radius 3 is 1.57 bits per heavy atom. The molecule has 0 rings (SSSR count). The SMILES string of the molecule is CCCCCCC[CH2][Na].O[Si](O)(O)O. The van der Waals surface area contributed by atoms with Gasteiger partial charge < -0.3 is 19.2 Å². The summed E-state index contributed by atoms with van der Waals surface area (Å²) in [7, 11) is -4.61. The molecule has 0 amide bonds. The van der Waals surface area contributed by atoms with Gasteiger partial charge in [-0.1, -0.05) is 0 Å². The molecule has 0 aromatic heterocycles. The molecule has 0 aromatic rings. The van der Waals surface area contributed by atoms with Crippen LogP contribution in [0.25, 0.3) is 0 Å². The van der Waals surface area contributed by atoms with Crippen LogP contribution < -0.4 is 0 Å². The van der Waals surface area contributed by atoms with Gasteiger partial charge in [-0.15, -0.1) is 0 Å². The first-order valence-corrected chi connectivity index (χ1v) is 8.51. The molecule has 6 heteroatoms. The summed E-state index contributed by atoms with van der Waals surface area (Å²) >= 11 is 1.41. The van der Waals surface area contributed by atoms with Crippen LogP contribution in [0.2, 0.25) is 3.67 Å². The van der Waals surface area contributed by atoms with Gasteiger partial charge in [0.1, 0.15) is 0 Å². The van der Waals surface area contributed by atoms with Crippen molar-refractivity contribution in [2.75, 3.05) is 0 Å². The minimum atomic E-state index is -4.61. The molecule has 0 heterocycles. The molecule has 0 unspecified atom stereocenters. The fourth-order valence-corrected chi connectivity index (χ4v) is 1.53. The molecule has 0 aromatic carbocycles. The second-order valence-electron chi connectivity index (χ2n) is 3.37. The summed E-state index contributed by atoms with van der Waals surface area (Å²) in [5, 5.41) is 0. The molecule has 0 spiro atoms. The summed E-state index contributed by atoms with van der Waals surface area (Å²) < 4.78 is 1.51. The fraction of sp³-hybridized carbons (Fsp3) is 1.00. The van der Waals surface area contributed by atoms with Crippen molar-refractivity contribution < 1.29 is 19.2 Å². The summed E-state index contributed by atoms with van der Waals surface area (Å²) in [6.45, 7) is 2.27. The zero-order valence-corrected chi connectivity index (χ0v) is 12.2. The Morgan fingerprint density at radius 2 is 1.21 bits per heavy atom. The largest absolute Gasteiger partial charge is 0.668 e. The van der Waals surface area contributed by atoms with Crippen LogP contribution >= 0.6 is 0 Å². The van der Waals surface area contributed by atoms with Gasteiger partial charge in [-0.25, -0.2) is 0 Å². The molecule has 0 aliphatic rings. The number of rotatable bonds is 6. The number of hydrogen-bond donors (Lipinski definition) is 4. The zero-order valence-electron chi connectivity index (χ0n) is 9.24. The smallest absolute Gasteiger partial charge is 0.368 e. The second-order valence-corrected chi connectivity index (χ2v) is 5.57. The van der Waals surface area contributed by atoms with Crippen LogP contribution in [0.1, 0.15) is 45.4 Å². The van der Waals surface area contributed by atoms with E-state index in [1.807, 2.05) is 0 Å². The van der Waals surface area contributed by atoms with Crippen molar-refractivity contribution in [2.24, 2.45) is 0 Å². The van der Waals surface area contributed by atoms with Gasteiger partial charge in [0, 0.05) is 0 Å². The van der Waals surface area contributed by atoms with E-state index in [2.05, 4.69) is 6.92 Å². The normalized spacial score (nSPS) is 10.8. The fourth-order valence-electron chi connectivity index (χ4n) is 1.03. The predicted molar refractivity (Wildman–Crippen MR) is 58.6 cm³/mol. The van der Waals surface area contributed by atoms with Crippen LogP contribution in [-0.4, -0.2) is 56.2 Å². The monoisotopic (exact) mass is 232 g/mol. The third kappa shape index (κ3) is 38.1. The van der Waals surface area contributed by atoms with Crippen LogP contribution in [0.5, 0.6) is 0 Å². The van der Waals surface area contributed by atoms with E-state index in [1.165, 1.54) is 70.1 Å². The summed E-state index contributed by atoms with van der Waals surface area (Å²) in [5.74, 6) is 0. The topological polar surface area (TPSA) is 80.9 Å². The van der Waals surface area contributed by atoms with E-state index >= 15 is 0 Å². The van der Waals surface area contributed by atoms with Crippen LogP contribution in [0.4, 0.5) is 0 Å². The van der Waals surface area contributed by atoms with E-state index in [1.54, 1.807) is 0 Å². The molecule has 0 saturated carbocycles. The first-order chi connectivity index (χ1) is 6.41. The van der Waals surface area contributed by atoms with Crippen LogP contribution in [-0.2, 0) is 0 Å². The maximum absolute atomic E-state index is 7.33. The Bertz CT molecular complexity index is 96.0. The van der Waals surface area contributed by atoms with Crippen molar-refractivity contribution in [2.45, 2.75) is 49.1 Å². The van der Waals surface area contributed by atoms with E-state index in [-0.39, 0.29) is 0 Å². The maximum Gasteiger partial charge on any atom is 0.668 e. The Kier molecular flexibility index (Phi) is 15.1. The first kappa shape index (κ1) is 17.5. The Hall–Kier alpha value is 1.06. The van der Waals surface area contributed by atoms with Crippen LogP contribution in [0.3, 0.4) is 0 Å². The molecule has 0 radical (unpaired) electrons. The van der Waals surface area contributed by atoms with Crippen molar-refractivity contribution in [3.05, 3.63) is 0 Å². The molecule has 0 aliphatic heterocycles. The Labute approximate surface area is 105 Å². The van der Waals surface area contributed by atoms with Gasteiger partial charge in [-0.3, -0.25) is 0 Å². The molecule has 0 saturated heterocycles.